The number of aliphatic imine (C=N–C) groups is 3. The van der Waals surface area contributed by atoms with E-state index in [1.807, 2.05) is 65.7 Å². The first kappa shape index (κ1) is 64.7. The van der Waals surface area contributed by atoms with Gasteiger partial charge in [-0.3, -0.25) is 15.0 Å². The Balaban J connectivity index is 0.000000122. The standard InChI is InChI=1S/C29H25FN2O3.C27H21FN2O3.C26H21FN2O3/c1-29(10-12-35-13-11-29)27-26(18-2-4-19(5-3-18)28(33)34)24-14-20-16-31-17-21(20)15-25(24)32(27)23-8-6-22(30)7-9-23;1-27(14-33-15-27)25-24(16-2-4-17(5-3-16)26(31)32)22-10-18-12-29-13-19(18)11-23(22)30(25)21-8-6-20(28)7-9-21;1-26(2,32)24-23(15-3-5-16(6-4-15)25(30)31)21-11-17-13-28-14-18(17)12-22(21)29(24)20-9-7-19(27)8-10-20/h2-9,14-15,17H,10-13,16H2,1H3,(H,33,34);2-11,13H,12,14-15H2,1H3,(H,31,32);3-12,14,32H,13H2,1-2H3,(H,30,31). The maximum absolute atomic E-state index is 13.9. The molecular formula is C82H67F3N6O9. The number of rotatable bonds is 12. The molecule has 0 radical (unpaired) electrons. The van der Waals surface area contributed by atoms with Gasteiger partial charge < -0.3 is 43.6 Å². The highest BCUT2D eigenvalue weighted by atomic mass is 19.1. The largest absolute Gasteiger partial charge is 0.478 e. The summed E-state index contributed by atoms with van der Waals surface area (Å²) in [6, 6.07) is 52.9. The molecule has 5 aliphatic heterocycles. The van der Waals surface area contributed by atoms with Gasteiger partial charge in [-0.15, -0.1) is 0 Å². The zero-order chi connectivity index (χ0) is 69.5. The fourth-order valence-corrected chi connectivity index (χ4v) is 14.8. The van der Waals surface area contributed by atoms with Gasteiger partial charge in [0.2, 0.25) is 0 Å². The first-order valence-corrected chi connectivity index (χ1v) is 32.9. The van der Waals surface area contributed by atoms with E-state index in [1.165, 1.54) is 42.0 Å². The third-order valence-electron chi connectivity index (χ3n) is 19.8. The number of carbonyl (C=O) groups is 3. The number of hydrogen-bond acceptors (Lipinski definition) is 9. The SMILES string of the molecule is CC(C)(O)c1c(-c2ccc(C(=O)O)cc2)c2cc3c(cc2n1-c1ccc(F)cc1)C=NC3.CC1(c2c(-c3ccc(C(=O)O)cc3)c3cc4c(cc3n2-c2ccc(F)cc2)C=NC4)CCOCC1.CC1(c2c(-c3ccc(C(=O)O)cc3)c3cc4c(cc3n2-c2ccc(F)cc2)C=NC4)COC1. The van der Waals surface area contributed by atoms with E-state index in [-0.39, 0.29) is 45.0 Å². The van der Waals surface area contributed by atoms with Gasteiger partial charge in [-0.05, 0) is 229 Å². The molecule has 0 unspecified atom stereocenters. The quantitative estimate of drug-likeness (QED) is 0.0918. The second-order valence-electron chi connectivity index (χ2n) is 27.2. The summed E-state index contributed by atoms with van der Waals surface area (Å²) in [6.45, 7) is 12.2. The predicted molar refractivity (Wildman–Crippen MR) is 382 cm³/mol. The number of aromatic nitrogens is 3. The highest BCUT2D eigenvalue weighted by Gasteiger charge is 2.43. The smallest absolute Gasteiger partial charge is 0.335 e. The van der Waals surface area contributed by atoms with E-state index in [1.54, 1.807) is 86.6 Å². The Morgan fingerprint density at radius 1 is 0.430 bits per heavy atom. The van der Waals surface area contributed by atoms with Gasteiger partial charge in [0, 0.05) is 98.6 Å². The molecule has 3 aromatic heterocycles. The molecule has 2 saturated heterocycles. The maximum Gasteiger partial charge on any atom is 0.335 e. The number of aliphatic hydroxyl groups is 1. The molecule has 0 aliphatic carbocycles. The number of hydrogen-bond donors (Lipinski definition) is 4. The van der Waals surface area contributed by atoms with E-state index >= 15 is 0 Å². The number of aromatic carboxylic acids is 3. The van der Waals surface area contributed by atoms with Gasteiger partial charge in [0.25, 0.3) is 0 Å². The highest BCUT2D eigenvalue weighted by Crippen LogP contribution is 2.50. The summed E-state index contributed by atoms with van der Waals surface area (Å²) in [5.41, 5.74) is 19.5. The van der Waals surface area contributed by atoms with Crippen LogP contribution in [0.4, 0.5) is 13.2 Å². The zero-order valence-electron chi connectivity index (χ0n) is 55.1. The molecule has 8 heterocycles. The average Bonchev–Trinajstić information content (AvgIpc) is 1.57. The van der Waals surface area contributed by atoms with Gasteiger partial charge in [-0.25, -0.2) is 27.6 Å². The summed E-state index contributed by atoms with van der Waals surface area (Å²) in [6.07, 6.45) is 7.35. The summed E-state index contributed by atoms with van der Waals surface area (Å²) in [7, 11) is 0. The van der Waals surface area contributed by atoms with Crippen molar-refractivity contribution in [3.8, 4) is 50.4 Å². The van der Waals surface area contributed by atoms with E-state index in [0.29, 0.717) is 51.8 Å². The number of halogens is 3. The minimum atomic E-state index is -1.24. The van der Waals surface area contributed by atoms with Crippen LogP contribution < -0.4 is 0 Å². The van der Waals surface area contributed by atoms with Crippen LogP contribution in [0.1, 0.15) is 122 Å². The first-order chi connectivity index (χ1) is 48.1. The molecule has 12 aromatic rings. The molecule has 4 N–H and O–H groups in total. The Labute approximate surface area is 572 Å². The Bertz CT molecular complexity index is 5380. The summed E-state index contributed by atoms with van der Waals surface area (Å²) in [5.74, 6) is -3.80. The van der Waals surface area contributed by atoms with E-state index in [2.05, 4.69) is 68.3 Å². The molecule has 0 spiro atoms. The van der Waals surface area contributed by atoms with Crippen LogP contribution in [0, 0.1) is 17.5 Å². The van der Waals surface area contributed by atoms with Crippen molar-refractivity contribution in [3.63, 3.8) is 0 Å². The molecule has 0 saturated carbocycles. The molecule has 100 heavy (non-hydrogen) atoms. The molecule has 500 valence electrons. The fraction of sp³-hybridized carbons (Fsp3) is 0.195. The van der Waals surface area contributed by atoms with Crippen molar-refractivity contribution < 1.29 is 57.5 Å². The monoisotopic (exact) mass is 1340 g/mol. The summed E-state index contributed by atoms with van der Waals surface area (Å²) >= 11 is 0. The van der Waals surface area contributed by atoms with Crippen molar-refractivity contribution in [1.82, 2.24) is 13.7 Å². The molecule has 18 heteroatoms. The van der Waals surface area contributed by atoms with Gasteiger partial charge in [0.15, 0.2) is 0 Å². The lowest BCUT2D eigenvalue weighted by Gasteiger charge is -2.40. The van der Waals surface area contributed by atoms with Crippen LogP contribution in [0.2, 0.25) is 0 Å². The van der Waals surface area contributed by atoms with Gasteiger partial charge in [-0.1, -0.05) is 43.3 Å². The number of carboxylic acids is 3. The summed E-state index contributed by atoms with van der Waals surface area (Å²) in [5, 5.41) is 42.4. The zero-order valence-corrected chi connectivity index (χ0v) is 55.1. The second kappa shape index (κ2) is 25.2. The third-order valence-corrected chi connectivity index (χ3v) is 19.8. The van der Waals surface area contributed by atoms with E-state index in [4.69, 9.17) is 9.47 Å². The van der Waals surface area contributed by atoms with Crippen molar-refractivity contribution in [2.75, 3.05) is 26.4 Å². The lowest BCUT2D eigenvalue weighted by Crippen LogP contribution is -2.45. The minimum absolute atomic E-state index is 0.189. The highest BCUT2D eigenvalue weighted by molar-refractivity contribution is 6.07. The van der Waals surface area contributed by atoms with Gasteiger partial charge >= 0.3 is 17.9 Å². The summed E-state index contributed by atoms with van der Waals surface area (Å²) < 4.78 is 59.2. The van der Waals surface area contributed by atoms with Crippen LogP contribution in [-0.4, -0.2) is 97.1 Å². The minimum Gasteiger partial charge on any atom is -0.478 e. The van der Waals surface area contributed by atoms with Crippen LogP contribution in [0.5, 0.6) is 0 Å². The molecule has 0 bridgehead atoms. The Hall–Kier alpha value is -11.3. The molecular weight excluding hydrogens is 1270 g/mol. The number of fused-ring (bicyclic) bond motifs is 6. The number of benzene rings is 9. The van der Waals surface area contributed by atoms with Crippen molar-refractivity contribution >= 4 is 69.3 Å². The molecule has 9 aromatic carbocycles. The van der Waals surface area contributed by atoms with Crippen LogP contribution in [0.15, 0.2) is 197 Å². The van der Waals surface area contributed by atoms with Crippen molar-refractivity contribution in [1.29, 1.82) is 0 Å². The molecule has 2 fully saturated rings. The predicted octanol–water partition coefficient (Wildman–Crippen LogP) is 16.8. The third kappa shape index (κ3) is 11.6. The van der Waals surface area contributed by atoms with E-state index in [0.717, 1.165) is 135 Å². The molecule has 15 nitrogen and oxygen atoms in total. The average molecular weight is 1340 g/mol. The van der Waals surface area contributed by atoms with Crippen LogP contribution in [-0.2, 0) is 45.5 Å². The van der Waals surface area contributed by atoms with Crippen LogP contribution in [0.3, 0.4) is 0 Å². The van der Waals surface area contributed by atoms with Gasteiger partial charge in [-0.2, -0.15) is 0 Å². The Morgan fingerprint density at radius 3 is 1.08 bits per heavy atom. The van der Waals surface area contributed by atoms with Gasteiger partial charge in [0.05, 0.1) is 82.8 Å². The number of ether oxygens (including phenoxy) is 2. The Morgan fingerprint density at radius 2 is 0.750 bits per heavy atom. The summed E-state index contributed by atoms with van der Waals surface area (Å²) in [4.78, 5) is 47.5. The topological polar surface area (TPSA) is 202 Å². The lowest BCUT2D eigenvalue weighted by atomic mass is 9.76. The van der Waals surface area contributed by atoms with E-state index < -0.39 is 23.5 Å². The lowest BCUT2D eigenvalue weighted by molar-refractivity contribution is -0.0523. The van der Waals surface area contributed by atoms with E-state index in [9.17, 15) is 48.0 Å². The van der Waals surface area contributed by atoms with Crippen molar-refractivity contribution in [3.05, 3.63) is 267 Å². The Kier molecular flexibility index (Phi) is 16.3. The molecule has 17 rings (SSSR count). The number of carboxylic acid groups (broad SMARTS) is 3. The second-order valence-corrected chi connectivity index (χ2v) is 27.2. The maximum atomic E-state index is 13.9. The van der Waals surface area contributed by atoms with Crippen LogP contribution in [0.25, 0.3) is 83.2 Å². The van der Waals surface area contributed by atoms with Crippen molar-refractivity contribution in [2.24, 2.45) is 15.0 Å². The fourth-order valence-electron chi connectivity index (χ4n) is 14.8. The van der Waals surface area contributed by atoms with Gasteiger partial charge in [0.1, 0.15) is 17.5 Å². The molecule has 5 aliphatic rings. The molecule has 0 atom stereocenters. The first-order valence-electron chi connectivity index (χ1n) is 32.9. The molecule has 0 amide bonds. The van der Waals surface area contributed by atoms with Crippen molar-refractivity contribution in [2.45, 2.75) is 76.6 Å². The number of nitrogens with zero attached hydrogens (tertiary/aromatic N) is 6. The normalized spacial score (nSPS) is 15.2. The van der Waals surface area contributed by atoms with Crippen LogP contribution >= 0.6 is 0 Å².